The number of hydrogen-bond donors (Lipinski definition) is 1. The van der Waals surface area contributed by atoms with E-state index < -0.39 is 0 Å². The second-order valence-electron chi connectivity index (χ2n) is 7.49. The van der Waals surface area contributed by atoms with Crippen LogP contribution in [0.15, 0.2) is 48.5 Å². The number of rotatable bonds is 8. The lowest BCUT2D eigenvalue weighted by molar-refractivity contribution is -0.126. The van der Waals surface area contributed by atoms with Crippen LogP contribution < -0.4 is 5.32 Å². The van der Waals surface area contributed by atoms with Gasteiger partial charge in [-0.2, -0.15) is 11.8 Å². The molecule has 1 N–H and O–H groups in total. The minimum absolute atomic E-state index is 0.0818. The average molecular weight is 417 g/mol. The molecule has 1 heterocycles. The number of carbonyl (C=O) groups is 1. The summed E-state index contributed by atoms with van der Waals surface area (Å²) in [5.74, 6) is 2.21. The van der Waals surface area contributed by atoms with Gasteiger partial charge in [-0.1, -0.05) is 59.6 Å². The van der Waals surface area contributed by atoms with E-state index in [4.69, 9.17) is 11.6 Å². The molecule has 1 atom stereocenters. The Bertz CT molecular complexity index is 765. The van der Waals surface area contributed by atoms with E-state index in [-0.39, 0.29) is 11.8 Å². The quantitative estimate of drug-likeness (QED) is 0.620. The number of piperidine rings is 1. The Morgan fingerprint density at radius 3 is 2.79 bits per heavy atom. The van der Waals surface area contributed by atoms with Crippen molar-refractivity contribution in [2.24, 2.45) is 5.92 Å². The zero-order valence-corrected chi connectivity index (χ0v) is 18.1. The van der Waals surface area contributed by atoms with Gasteiger partial charge in [0.25, 0.3) is 0 Å². The molecule has 1 aliphatic heterocycles. The van der Waals surface area contributed by atoms with Crippen LogP contribution in [-0.2, 0) is 17.1 Å². The van der Waals surface area contributed by atoms with E-state index >= 15 is 0 Å². The summed E-state index contributed by atoms with van der Waals surface area (Å²) in [5, 5.41) is 3.94. The number of amides is 1. The number of hydrogen-bond acceptors (Lipinski definition) is 3. The van der Waals surface area contributed by atoms with E-state index in [9.17, 15) is 4.79 Å². The van der Waals surface area contributed by atoms with Gasteiger partial charge in [0.1, 0.15) is 0 Å². The second-order valence-corrected chi connectivity index (χ2v) is 9.01. The van der Waals surface area contributed by atoms with Crippen LogP contribution in [0.4, 0.5) is 0 Å². The van der Waals surface area contributed by atoms with Crippen LogP contribution in [0.3, 0.4) is 0 Å². The largest absolute Gasteiger partial charge is 0.355 e. The average Bonchev–Trinajstić information content (AvgIpc) is 2.71. The Balaban J connectivity index is 1.36. The normalized spacial score (nSPS) is 17.4. The Morgan fingerprint density at radius 2 is 2.00 bits per heavy atom. The molecule has 1 amide bonds. The van der Waals surface area contributed by atoms with Crippen molar-refractivity contribution < 1.29 is 4.79 Å². The first-order valence-corrected chi connectivity index (χ1v) is 11.5. The number of nitrogens with one attached hydrogen (secondary N) is 1. The molecule has 1 saturated heterocycles. The van der Waals surface area contributed by atoms with Crippen molar-refractivity contribution in [3.63, 3.8) is 0 Å². The monoisotopic (exact) mass is 416 g/mol. The van der Waals surface area contributed by atoms with Crippen LogP contribution in [0.5, 0.6) is 0 Å². The minimum atomic E-state index is 0.0818. The van der Waals surface area contributed by atoms with Crippen molar-refractivity contribution >= 4 is 29.3 Å². The van der Waals surface area contributed by atoms with Crippen molar-refractivity contribution in [1.82, 2.24) is 10.2 Å². The van der Waals surface area contributed by atoms with E-state index in [1.807, 2.05) is 30.0 Å². The predicted octanol–water partition coefficient (Wildman–Crippen LogP) is 4.91. The van der Waals surface area contributed by atoms with Crippen LogP contribution in [0.1, 0.15) is 29.5 Å². The Morgan fingerprint density at radius 1 is 1.21 bits per heavy atom. The highest BCUT2D eigenvalue weighted by molar-refractivity contribution is 7.98. The topological polar surface area (TPSA) is 32.3 Å². The minimum Gasteiger partial charge on any atom is -0.355 e. The molecule has 28 heavy (non-hydrogen) atoms. The SMILES string of the molecule is Cc1ccc(CSCCNC(=O)[C@@H]2CCCN(Cc3ccccc3Cl)C2)cc1. The van der Waals surface area contributed by atoms with Crippen LogP contribution in [0.2, 0.25) is 5.02 Å². The highest BCUT2D eigenvalue weighted by atomic mass is 35.5. The number of thioether (sulfide) groups is 1. The third-order valence-corrected chi connectivity index (χ3v) is 6.56. The Hall–Kier alpha value is -1.49. The van der Waals surface area contributed by atoms with Crippen molar-refractivity contribution in [3.05, 3.63) is 70.2 Å². The molecule has 2 aromatic rings. The Labute approximate surface area is 177 Å². The lowest BCUT2D eigenvalue weighted by Crippen LogP contribution is -2.43. The molecule has 0 bridgehead atoms. The first-order valence-electron chi connectivity index (χ1n) is 9.98. The maximum absolute atomic E-state index is 12.6. The number of benzene rings is 2. The molecule has 0 saturated carbocycles. The van der Waals surface area contributed by atoms with Crippen molar-refractivity contribution in [2.45, 2.75) is 32.1 Å². The first kappa shape index (κ1) is 21.2. The summed E-state index contributed by atoms with van der Waals surface area (Å²) in [6.07, 6.45) is 2.03. The summed E-state index contributed by atoms with van der Waals surface area (Å²) in [5.41, 5.74) is 3.76. The fraction of sp³-hybridized carbons (Fsp3) is 0.435. The number of nitrogens with zero attached hydrogens (tertiary/aromatic N) is 1. The zero-order chi connectivity index (χ0) is 19.8. The van der Waals surface area contributed by atoms with Gasteiger partial charge in [0.2, 0.25) is 5.91 Å². The van der Waals surface area contributed by atoms with Gasteiger partial charge in [0.15, 0.2) is 0 Å². The first-order chi connectivity index (χ1) is 13.6. The van der Waals surface area contributed by atoms with Gasteiger partial charge in [0, 0.05) is 36.2 Å². The van der Waals surface area contributed by atoms with Gasteiger partial charge in [-0.25, -0.2) is 0 Å². The van der Waals surface area contributed by atoms with Gasteiger partial charge in [0.05, 0.1) is 5.92 Å². The van der Waals surface area contributed by atoms with Gasteiger partial charge < -0.3 is 5.32 Å². The summed E-state index contributed by atoms with van der Waals surface area (Å²) in [7, 11) is 0. The Kier molecular flexibility index (Phi) is 8.26. The van der Waals surface area contributed by atoms with Gasteiger partial charge in [-0.15, -0.1) is 0 Å². The molecular weight excluding hydrogens is 388 g/mol. The number of halogens is 1. The van der Waals surface area contributed by atoms with E-state index in [0.717, 1.165) is 61.1 Å². The number of aryl methyl sites for hydroxylation is 1. The predicted molar refractivity (Wildman–Crippen MR) is 120 cm³/mol. The number of likely N-dealkylation sites (tertiary alicyclic amines) is 1. The lowest BCUT2D eigenvalue weighted by atomic mass is 9.96. The van der Waals surface area contributed by atoms with Crippen molar-refractivity contribution in [3.8, 4) is 0 Å². The molecule has 3 nitrogen and oxygen atoms in total. The van der Waals surface area contributed by atoms with Gasteiger partial charge in [-0.05, 0) is 43.5 Å². The summed E-state index contributed by atoms with van der Waals surface area (Å²) < 4.78 is 0. The fourth-order valence-corrected chi connectivity index (χ4v) is 4.56. The smallest absolute Gasteiger partial charge is 0.224 e. The lowest BCUT2D eigenvalue weighted by Gasteiger charge is -2.32. The molecule has 1 aliphatic rings. The molecule has 0 unspecified atom stereocenters. The molecule has 2 aromatic carbocycles. The van der Waals surface area contributed by atoms with Gasteiger partial charge >= 0.3 is 0 Å². The summed E-state index contributed by atoms with van der Waals surface area (Å²) >= 11 is 8.15. The molecule has 3 rings (SSSR count). The van der Waals surface area contributed by atoms with Crippen molar-refractivity contribution in [1.29, 1.82) is 0 Å². The summed E-state index contributed by atoms with van der Waals surface area (Å²) in [6, 6.07) is 16.6. The maximum Gasteiger partial charge on any atom is 0.224 e. The zero-order valence-electron chi connectivity index (χ0n) is 16.5. The van der Waals surface area contributed by atoms with Crippen LogP contribution in [0.25, 0.3) is 0 Å². The molecule has 150 valence electrons. The highest BCUT2D eigenvalue weighted by Gasteiger charge is 2.25. The molecule has 0 aliphatic carbocycles. The van der Waals surface area contributed by atoms with Crippen LogP contribution >= 0.6 is 23.4 Å². The molecule has 0 radical (unpaired) electrons. The summed E-state index contributed by atoms with van der Waals surface area (Å²) in [6.45, 7) is 5.49. The molecular formula is C23H29ClN2OS. The van der Waals surface area contributed by atoms with E-state index in [1.54, 1.807) is 0 Å². The maximum atomic E-state index is 12.6. The molecule has 0 aromatic heterocycles. The highest BCUT2D eigenvalue weighted by Crippen LogP contribution is 2.22. The van der Waals surface area contributed by atoms with Crippen LogP contribution in [0, 0.1) is 12.8 Å². The van der Waals surface area contributed by atoms with Crippen molar-refractivity contribution in [2.75, 3.05) is 25.4 Å². The molecule has 1 fully saturated rings. The van der Waals surface area contributed by atoms with E-state index in [1.165, 1.54) is 11.1 Å². The third kappa shape index (κ3) is 6.54. The fourth-order valence-electron chi connectivity index (χ4n) is 3.55. The van der Waals surface area contributed by atoms with E-state index in [2.05, 4.69) is 47.5 Å². The summed E-state index contributed by atoms with van der Waals surface area (Å²) in [4.78, 5) is 14.9. The van der Waals surface area contributed by atoms with E-state index in [0.29, 0.717) is 0 Å². The standard InChI is InChI=1S/C23H29ClN2OS/c1-18-8-10-19(11-9-18)17-28-14-12-25-23(27)21-6-4-13-26(16-21)15-20-5-2-3-7-22(20)24/h2-3,5,7-11,21H,4,6,12-17H2,1H3,(H,25,27)/t21-/m1/s1. The third-order valence-electron chi connectivity index (χ3n) is 5.16. The van der Waals surface area contributed by atoms with Gasteiger partial charge in [-0.3, -0.25) is 9.69 Å². The molecule has 0 spiro atoms. The number of carbonyl (C=O) groups excluding carboxylic acids is 1. The second kappa shape index (κ2) is 10.9. The van der Waals surface area contributed by atoms with Crippen LogP contribution in [-0.4, -0.2) is 36.2 Å². The molecule has 5 heteroatoms.